The Hall–Kier alpha value is -2.34. The number of nitrogen functional groups attached to an aromatic ring is 1. The summed E-state index contributed by atoms with van der Waals surface area (Å²) >= 11 is 5.83. The molecule has 6 nitrogen and oxygen atoms in total. The molecule has 1 aromatic heterocycles. The summed E-state index contributed by atoms with van der Waals surface area (Å²) in [6, 6.07) is 8.30. The van der Waals surface area contributed by atoms with Gasteiger partial charge in [-0.2, -0.15) is 0 Å². The van der Waals surface area contributed by atoms with Crippen molar-refractivity contribution in [3.05, 3.63) is 47.4 Å². The number of carbonyl (C=O) groups is 1. The molecule has 1 atom stereocenters. The molecule has 0 spiro atoms. The van der Waals surface area contributed by atoms with Crippen molar-refractivity contribution in [2.75, 3.05) is 17.7 Å². The van der Waals surface area contributed by atoms with Crippen molar-refractivity contribution >= 4 is 29.1 Å². The van der Waals surface area contributed by atoms with Crippen molar-refractivity contribution in [2.45, 2.75) is 19.4 Å². The van der Waals surface area contributed by atoms with Gasteiger partial charge in [0.05, 0.1) is 6.61 Å². The Labute approximate surface area is 133 Å². The summed E-state index contributed by atoms with van der Waals surface area (Å²) in [7, 11) is 0. The number of rotatable bonds is 6. The summed E-state index contributed by atoms with van der Waals surface area (Å²) in [6.07, 6.45) is 1.77. The molecule has 0 bridgehead atoms. The Balaban J connectivity index is 2.15. The maximum absolute atomic E-state index is 12.1. The molecule has 0 fully saturated rings. The van der Waals surface area contributed by atoms with Crippen LogP contribution in [0, 0.1) is 0 Å². The van der Waals surface area contributed by atoms with E-state index in [1.165, 1.54) is 6.33 Å². The Kier molecular flexibility index (Phi) is 5.55. The molecule has 2 aromatic rings. The molecule has 3 N–H and O–H groups in total. The summed E-state index contributed by atoms with van der Waals surface area (Å²) in [5, 5.41) is 3.32. The second-order valence-electron chi connectivity index (χ2n) is 4.62. The number of nitrogens with one attached hydrogen (secondary N) is 1. The summed E-state index contributed by atoms with van der Waals surface area (Å²) < 4.78 is 5.10. The third-order valence-corrected chi connectivity index (χ3v) is 3.15. The lowest BCUT2D eigenvalue weighted by Gasteiger charge is -2.18. The van der Waals surface area contributed by atoms with E-state index in [9.17, 15) is 4.79 Å². The topological polar surface area (TPSA) is 90.1 Å². The fourth-order valence-electron chi connectivity index (χ4n) is 1.92. The predicted molar refractivity (Wildman–Crippen MR) is 85.6 cm³/mol. The van der Waals surface area contributed by atoms with Crippen LogP contribution >= 0.6 is 11.6 Å². The van der Waals surface area contributed by atoms with E-state index < -0.39 is 6.04 Å². The molecule has 0 saturated carbocycles. The third-order valence-electron chi connectivity index (χ3n) is 2.95. The molecule has 1 aromatic carbocycles. The van der Waals surface area contributed by atoms with Gasteiger partial charge in [-0.3, -0.25) is 0 Å². The van der Waals surface area contributed by atoms with Crippen LogP contribution in [-0.4, -0.2) is 28.6 Å². The molecule has 0 saturated heterocycles. The molecule has 0 radical (unpaired) electrons. The van der Waals surface area contributed by atoms with Crippen LogP contribution in [0.4, 0.5) is 11.5 Å². The van der Waals surface area contributed by atoms with Crippen molar-refractivity contribution in [3.63, 3.8) is 0 Å². The van der Waals surface area contributed by atoms with Gasteiger partial charge in [0.15, 0.2) is 0 Å². The van der Waals surface area contributed by atoms with E-state index in [-0.39, 0.29) is 5.97 Å². The van der Waals surface area contributed by atoms with E-state index in [0.29, 0.717) is 29.7 Å². The molecular formula is C15H17ClN4O2. The van der Waals surface area contributed by atoms with Gasteiger partial charge in [-0.15, -0.1) is 0 Å². The van der Waals surface area contributed by atoms with Crippen LogP contribution in [0.25, 0.3) is 0 Å². The van der Waals surface area contributed by atoms with Gasteiger partial charge < -0.3 is 15.8 Å². The normalized spacial score (nSPS) is 11.7. The molecule has 0 amide bonds. The van der Waals surface area contributed by atoms with Crippen LogP contribution in [0.1, 0.15) is 12.5 Å². The number of nitrogens with zero attached hydrogens (tertiary/aromatic N) is 2. The quantitative estimate of drug-likeness (QED) is 0.482. The summed E-state index contributed by atoms with van der Waals surface area (Å²) in [4.78, 5) is 20.0. The standard InChI is InChI=1S/C15H17ClN4O2/c1-2-22-15(21)12(7-10-3-5-11(17)6-4-10)20-14-8-13(16)18-9-19-14/h3-6,8-9,12H,2,7,17H2,1H3,(H,18,19,20). The maximum atomic E-state index is 12.1. The third kappa shape index (κ3) is 4.60. The van der Waals surface area contributed by atoms with E-state index in [1.807, 2.05) is 12.1 Å². The number of aromatic nitrogens is 2. The van der Waals surface area contributed by atoms with E-state index in [1.54, 1.807) is 25.1 Å². The van der Waals surface area contributed by atoms with Crippen LogP contribution in [-0.2, 0) is 16.0 Å². The van der Waals surface area contributed by atoms with Crippen molar-refractivity contribution in [1.29, 1.82) is 0 Å². The van der Waals surface area contributed by atoms with Crippen LogP contribution in [0.5, 0.6) is 0 Å². The van der Waals surface area contributed by atoms with Crippen LogP contribution in [0.2, 0.25) is 5.15 Å². The number of anilines is 2. The van der Waals surface area contributed by atoms with Crippen molar-refractivity contribution in [2.24, 2.45) is 0 Å². The minimum Gasteiger partial charge on any atom is -0.464 e. The molecule has 7 heteroatoms. The highest BCUT2D eigenvalue weighted by atomic mass is 35.5. The van der Waals surface area contributed by atoms with Crippen LogP contribution in [0.15, 0.2) is 36.7 Å². The first-order chi connectivity index (χ1) is 10.6. The Morgan fingerprint density at radius 3 is 2.73 bits per heavy atom. The van der Waals surface area contributed by atoms with Crippen LogP contribution in [0.3, 0.4) is 0 Å². The van der Waals surface area contributed by atoms with E-state index in [2.05, 4.69) is 15.3 Å². The van der Waals surface area contributed by atoms with Gasteiger partial charge in [-0.05, 0) is 24.6 Å². The Morgan fingerprint density at radius 1 is 1.36 bits per heavy atom. The summed E-state index contributed by atoms with van der Waals surface area (Å²) in [6.45, 7) is 2.07. The van der Waals surface area contributed by atoms with Gasteiger partial charge in [-0.25, -0.2) is 14.8 Å². The van der Waals surface area contributed by atoms with E-state index >= 15 is 0 Å². The molecule has 2 rings (SSSR count). The van der Waals surface area contributed by atoms with Gasteiger partial charge >= 0.3 is 5.97 Å². The molecular weight excluding hydrogens is 304 g/mol. The predicted octanol–water partition coefficient (Wildman–Crippen LogP) is 2.30. The van der Waals surface area contributed by atoms with Gasteiger partial charge in [0.2, 0.25) is 0 Å². The summed E-state index contributed by atoms with van der Waals surface area (Å²) in [5.41, 5.74) is 7.30. The minimum atomic E-state index is -0.574. The van der Waals surface area contributed by atoms with Crippen LogP contribution < -0.4 is 11.1 Å². The zero-order chi connectivity index (χ0) is 15.9. The average molecular weight is 321 g/mol. The lowest BCUT2D eigenvalue weighted by Crippen LogP contribution is -2.34. The maximum Gasteiger partial charge on any atom is 0.328 e. The number of nitrogens with two attached hydrogens (primary N) is 1. The highest BCUT2D eigenvalue weighted by molar-refractivity contribution is 6.29. The Bertz CT molecular complexity index is 634. The first-order valence-electron chi connectivity index (χ1n) is 6.83. The van der Waals surface area contributed by atoms with Crippen molar-refractivity contribution in [1.82, 2.24) is 9.97 Å². The van der Waals surface area contributed by atoms with E-state index in [0.717, 1.165) is 5.56 Å². The monoisotopic (exact) mass is 320 g/mol. The second-order valence-corrected chi connectivity index (χ2v) is 5.01. The molecule has 0 aliphatic heterocycles. The first kappa shape index (κ1) is 16.0. The zero-order valence-corrected chi connectivity index (χ0v) is 12.9. The first-order valence-corrected chi connectivity index (χ1v) is 7.21. The number of hydrogen-bond acceptors (Lipinski definition) is 6. The van der Waals surface area contributed by atoms with E-state index in [4.69, 9.17) is 22.1 Å². The lowest BCUT2D eigenvalue weighted by atomic mass is 10.1. The fourth-order valence-corrected chi connectivity index (χ4v) is 2.06. The number of carbonyl (C=O) groups excluding carboxylic acids is 1. The van der Waals surface area contributed by atoms with Gasteiger partial charge in [0.25, 0.3) is 0 Å². The molecule has 1 unspecified atom stereocenters. The highest BCUT2D eigenvalue weighted by Crippen LogP contribution is 2.14. The number of esters is 1. The molecule has 0 aliphatic rings. The number of halogens is 1. The van der Waals surface area contributed by atoms with Gasteiger partial charge in [-0.1, -0.05) is 23.7 Å². The van der Waals surface area contributed by atoms with Gasteiger partial charge in [0.1, 0.15) is 23.3 Å². The smallest absolute Gasteiger partial charge is 0.328 e. The number of ether oxygens (including phenoxy) is 1. The van der Waals surface area contributed by atoms with Crippen molar-refractivity contribution < 1.29 is 9.53 Å². The zero-order valence-electron chi connectivity index (χ0n) is 12.1. The van der Waals surface area contributed by atoms with Gasteiger partial charge in [0, 0.05) is 18.2 Å². The fraction of sp³-hybridized carbons (Fsp3) is 0.267. The highest BCUT2D eigenvalue weighted by Gasteiger charge is 2.20. The molecule has 116 valence electrons. The molecule has 22 heavy (non-hydrogen) atoms. The largest absolute Gasteiger partial charge is 0.464 e. The van der Waals surface area contributed by atoms with Crippen molar-refractivity contribution in [3.8, 4) is 0 Å². The lowest BCUT2D eigenvalue weighted by molar-refractivity contribution is -0.144. The number of benzene rings is 1. The number of hydrogen-bond donors (Lipinski definition) is 2. The SMILES string of the molecule is CCOC(=O)C(Cc1ccc(N)cc1)Nc1cc(Cl)ncn1. The second kappa shape index (κ2) is 7.61. The molecule has 1 heterocycles. The molecule has 0 aliphatic carbocycles. The average Bonchev–Trinajstić information content (AvgIpc) is 2.49. The minimum absolute atomic E-state index is 0.299. The summed E-state index contributed by atoms with van der Waals surface area (Å²) in [5.74, 6) is 0.113. The Morgan fingerprint density at radius 2 is 2.09 bits per heavy atom.